The predicted octanol–water partition coefficient (Wildman–Crippen LogP) is 2.06. The number of ether oxygens (including phenoxy) is 1. The van der Waals surface area contributed by atoms with E-state index in [1.165, 1.54) is 6.92 Å². The molecule has 2 aromatic carbocycles. The quantitative estimate of drug-likeness (QED) is 0.671. The fourth-order valence-corrected chi connectivity index (χ4v) is 2.93. The maximum Gasteiger partial charge on any atom is 0.327 e. The van der Waals surface area contributed by atoms with E-state index in [-0.39, 0.29) is 0 Å². The summed E-state index contributed by atoms with van der Waals surface area (Å²) in [6, 6.07) is 14.3. The van der Waals surface area contributed by atoms with Gasteiger partial charge in [-0.05, 0) is 36.2 Å². The van der Waals surface area contributed by atoms with Crippen LogP contribution in [0.5, 0.6) is 0 Å². The lowest BCUT2D eigenvalue weighted by molar-refractivity contribution is -0.149. The molecule has 1 aliphatic rings. The average molecular weight is 351 g/mol. The molecular weight excluding hydrogens is 334 g/mol. The lowest BCUT2D eigenvalue weighted by Crippen LogP contribution is -2.41. The first-order valence-corrected chi connectivity index (χ1v) is 8.07. The molecule has 0 spiro atoms. The number of carbonyl (C=O) groups excluding carboxylic acids is 3. The first-order chi connectivity index (χ1) is 12.3. The van der Waals surface area contributed by atoms with E-state index < -0.39 is 36.1 Å². The Bertz CT molecular complexity index is 949. The maximum atomic E-state index is 12.8. The number of rotatable bonds is 4. The Kier molecular flexibility index (Phi) is 4.34. The molecular formula is C19H17N3O4. The Morgan fingerprint density at radius 3 is 2.65 bits per heavy atom. The third kappa shape index (κ3) is 2.97. The van der Waals surface area contributed by atoms with Crippen LogP contribution in [0.1, 0.15) is 19.4 Å². The van der Waals surface area contributed by atoms with Gasteiger partial charge in [0.1, 0.15) is 18.2 Å². The lowest BCUT2D eigenvalue weighted by atomic mass is 9.90. The number of benzene rings is 2. The van der Waals surface area contributed by atoms with Crippen molar-refractivity contribution in [3.8, 4) is 6.07 Å². The fraction of sp³-hybridized carbons (Fsp3) is 0.263. The van der Waals surface area contributed by atoms with Gasteiger partial charge in [-0.25, -0.2) is 4.79 Å². The third-order valence-electron chi connectivity index (χ3n) is 4.38. The monoisotopic (exact) mass is 351 g/mol. The number of amides is 3. The Labute approximate surface area is 150 Å². The number of nitriles is 1. The average Bonchev–Trinajstić information content (AvgIpc) is 2.85. The van der Waals surface area contributed by atoms with Crippen LogP contribution in [-0.2, 0) is 19.9 Å². The van der Waals surface area contributed by atoms with Crippen LogP contribution in [0.2, 0.25) is 0 Å². The van der Waals surface area contributed by atoms with Crippen LogP contribution in [0.3, 0.4) is 0 Å². The maximum absolute atomic E-state index is 12.8. The molecule has 26 heavy (non-hydrogen) atoms. The van der Waals surface area contributed by atoms with Gasteiger partial charge in [-0.1, -0.05) is 36.4 Å². The molecule has 0 saturated carbocycles. The summed E-state index contributed by atoms with van der Waals surface area (Å²) in [6.45, 7) is 2.46. The van der Waals surface area contributed by atoms with Crippen molar-refractivity contribution in [2.24, 2.45) is 0 Å². The van der Waals surface area contributed by atoms with E-state index in [1.54, 1.807) is 19.1 Å². The molecule has 3 amide bonds. The second-order valence-corrected chi connectivity index (χ2v) is 6.27. The highest BCUT2D eigenvalue weighted by atomic mass is 16.5. The number of nitrogens with zero attached hydrogens (tertiary/aromatic N) is 2. The van der Waals surface area contributed by atoms with Crippen LogP contribution < -0.4 is 5.32 Å². The minimum Gasteiger partial charge on any atom is -0.446 e. The molecule has 2 atom stereocenters. The van der Waals surface area contributed by atoms with Gasteiger partial charge >= 0.3 is 12.0 Å². The van der Waals surface area contributed by atoms with Crippen LogP contribution in [0, 0.1) is 11.3 Å². The Balaban J connectivity index is 1.86. The van der Waals surface area contributed by atoms with Crippen molar-refractivity contribution < 1.29 is 19.1 Å². The third-order valence-corrected chi connectivity index (χ3v) is 4.38. The SMILES string of the molecule is C[C@H](C#N)OC(=O)CN1C(=O)N[C@](C)(c2ccc3ccccc3c2)C1=O. The Hall–Kier alpha value is -3.40. The summed E-state index contributed by atoms with van der Waals surface area (Å²) in [7, 11) is 0. The number of hydrogen-bond donors (Lipinski definition) is 1. The zero-order valence-electron chi connectivity index (χ0n) is 14.4. The van der Waals surface area contributed by atoms with Gasteiger partial charge in [0, 0.05) is 0 Å². The summed E-state index contributed by atoms with van der Waals surface area (Å²) < 4.78 is 4.82. The largest absolute Gasteiger partial charge is 0.446 e. The van der Waals surface area contributed by atoms with Crippen molar-refractivity contribution in [2.75, 3.05) is 6.54 Å². The van der Waals surface area contributed by atoms with E-state index in [2.05, 4.69) is 5.32 Å². The molecule has 1 saturated heterocycles. The second-order valence-electron chi connectivity index (χ2n) is 6.27. The van der Waals surface area contributed by atoms with Crippen LogP contribution in [-0.4, -0.2) is 35.5 Å². The van der Waals surface area contributed by atoms with Gasteiger partial charge in [0.25, 0.3) is 5.91 Å². The van der Waals surface area contributed by atoms with Crippen LogP contribution >= 0.6 is 0 Å². The zero-order chi connectivity index (χ0) is 18.9. The highest BCUT2D eigenvalue weighted by Gasteiger charge is 2.49. The molecule has 1 heterocycles. The second kappa shape index (κ2) is 6.48. The summed E-state index contributed by atoms with van der Waals surface area (Å²) in [5.41, 5.74) is -0.654. The van der Waals surface area contributed by atoms with Crippen LogP contribution in [0.4, 0.5) is 4.79 Å². The summed E-state index contributed by atoms with van der Waals surface area (Å²) >= 11 is 0. The molecule has 7 nitrogen and oxygen atoms in total. The van der Waals surface area contributed by atoms with Gasteiger partial charge in [0.05, 0.1) is 0 Å². The van der Waals surface area contributed by atoms with E-state index in [0.717, 1.165) is 15.7 Å². The Morgan fingerprint density at radius 1 is 1.27 bits per heavy atom. The van der Waals surface area contributed by atoms with Gasteiger partial charge in [-0.3, -0.25) is 14.5 Å². The molecule has 7 heteroatoms. The van der Waals surface area contributed by atoms with Gasteiger partial charge < -0.3 is 10.1 Å². The van der Waals surface area contributed by atoms with Gasteiger partial charge in [0.15, 0.2) is 6.10 Å². The van der Waals surface area contributed by atoms with Gasteiger partial charge in [-0.15, -0.1) is 0 Å². The van der Waals surface area contributed by atoms with Crippen molar-refractivity contribution in [2.45, 2.75) is 25.5 Å². The van der Waals surface area contributed by atoms with E-state index >= 15 is 0 Å². The molecule has 2 aromatic rings. The molecule has 1 aliphatic heterocycles. The standard InChI is InChI=1S/C19H17N3O4/c1-12(10-20)26-16(23)11-22-17(24)19(2,21-18(22)25)15-8-7-13-5-3-4-6-14(13)9-15/h3-9,12H,11H2,1-2H3,(H,21,25)/t12-,19-/m1/s1. The molecule has 0 aliphatic carbocycles. The van der Waals surface area contributed by atoms with Gasteiger partial charge in [0.2, 0.25) is 0 Å². The zero-order valence-corrected chi connectivity index (χ0v) is 14.4. The van der Waals surface area contributed by atoms with Crippen molar-refractivity contribution in [1.29, 1.82) is 5.26 Å². The summed E-state index contributed by atoms with van der Waals surface area (Å²) in [5.74, 6) is -1.36. The highest BCUT2D eigenvalue weighted by molar-refractivity contribution is 6.09. The molecule has 0 bridgehead atoms. The minimum absolute atomic E-state index is 0.542. The number of urea groups is 1. The number of esters is 1. The molecule has 0 aromatic heterocycles. The number of nitrogens with one attached hydrogen (secondary N) is 1. The molecule has 132 valence electrons. The lowest BCUT2D eigenvalue weighted by Gasteiger charge is -2.22. The normalized spacial score (nSPS) is 20.6. The summed E-state index contributed by atoms with van der Waals surface area (Å²) in [5, 5.41) is 13.3. The number of imide groups is 1. The number of carbonyl (C=O) groups is 3. The fourth-order valence-electron chi connectivity index (χ4n) is 2.93. The number of fused-ring (bicyclic) bond motifs is 1. The Morgan fingerprint density at radius 2 is 1.96 bits per heavy atom. The summed E-state index contributed by atoms with van der Waals surface area (Å²) in [6.07, 6.45) is -0.949. The number of hydrogen-bond acceptors (Lipinski definition) is 5. The van der Waals surface area contributed by atoms with Gasteiger partial charge in [-0.2, -0.15) is 5.26 Å². The molecule has 0 radical (unpaired) electrons. The van der Waals surface area contributed by atoms with Crippen LogP contribution in [0.15, 0.2) is 42.5 Å². The molecule has 0 unspecified atom stereocenters. The first-order valence-electron chi connectivity index (χ1n) is 8.07. The van der Waals surface area contributed by atoms with E-state index in [9.17, 15) is 14.4 Å². The van der Waals surface area contributed by atoms with Crippen molar-refractivity contribution >= 4 is 28.7 Å². The predicted molar refractivity (Wildman–Crippen MR) is 92.7 cm³/mol. The van der Waals surface area contributed by atoms with E-state index in [4.69, 9.17) is 10.00 Å². The van der Waals surface area contributed by atoms with E-state index in [0.29, 0.717) is 5.56 Å². The smallest absolute Gasteiger partial charge is 0.327 e. The molecule has 3 rings (SSSR count). The van der Waals surface area contributed by atoms with Crippen molar-refractivity contribution in [1.82, 2.24) is 10.2 Å². The van der Waals surface area contributed by atoms with Crippen LogP contribution in [0.25, 0.3) is 10.8 Å². The minimum atomic E-state index is -1.28. The molecule has 1 fully saturated rings. The van der Waals surface area contributed by atoms with E-state index in [1.807, 2.05) is 36.4 Å². The highest BCUT2D eigenvalue weighted by Crippen LogP contribution is 2.30. The van der Waals surface area contributed by atoms with Crippen molar-refractivity contribution in [3.63, 3.8) is 0 Å². The topological polar surface area (TPSA) is 99.5 Å². The molecule has 1 N–H and O–H groups in total. The summed E-state index contributed by atoms with van der Waals surface area (Å²) in [4.78, 5) is 37.7. The first kappa shape index (κ1) is 17.4. The van der Waals surface area contributed by atoms with Crippen molar-refractivity contribution in [3.05, 3.63) is 48.0 Å².